The van der Waals surface area contributed by atoms with E-state index in [-0.39, 0.29) is 9.79 Å². The molecule has 2 rings (SSSR count). The fraction of sp³-hybridized carbons (Fsp3) is 0.0667. The van der Waals surface area contributed by atoms with Gasteiger partial charge in [-0.05, 0) is 34.6 Å². The molecule has 0 heterocycles. The monoisotopic (exact) mass is 380 g/mol. The first kappa shape index (κ1) is 18.5. The van der Waals surface area contributed by atoms with Crippen molar-refractivity contribution in [1.29, 1.82) is 0 Å². The molecule has 2 aromatic rings. The van der Waals surface area contributed by atoms with Crippen LogP contribution in [0, 0.1) is 0 Å². The average Bonchev–Trinajstić information content (AvgIpc) is 2.53. The third-order valence-corrected chi connectivity index (χ3v) is 7.53. The molecule has 0 fully saturated rings. The lowest BCUT2D eigenvalue weighted by Crippen LogP contribution is -2.27. The molecule has 0 aliphatic rings. The van der Waals surface area contributed by atoms with E-state index in [1.54, 1.807) is 12.1 Å². The summed E-state index contributed by atoms with van der Waals surface area (Å²) in [5, 5.41) is -1.31. The molecular formula is C15H12F4O3S2. The summed E-state index contributed by atoms with van der Waals surface area (Å²) in [7, 11) is -9.84. The summed E-state index contributed by atoms with van der Waals surface area (Å²) in [6, 6.07) is 14.0. The standard InChI is InChI=1S/C15H12F4O3S2/c1-12(16)23(13-8-4-2-5-9-13,14-10-6-3-7-11-14)22-24(20,21)15(17,18)19/h2-11H,1H2. The van der Waals surface area contributed by atoms with Crippen LogP contribution in [-0.4, -0.2) is 13.9 Å². The van der Waals surface area contributed by atoms with Gasteiger partial charge in [0, 0.05) is 9.79 Å². The first-order valence-electron chi connectivity index (χ1n) is 6.41. The van der Waals surface area contributed by atoms with Crippen molar-refractivity contribution >= 4 is 20.4 Å². The zero-order valence-electron chi connectivity index (χ0n) is 12.0. The van der Waals surface area contributed by atoms with Crippen LogP contribution in [0.15, 0.2) is 82.2 Å². The van der Waals surface area contributed by atoms with Gasteiger partial charge < -0.3 is 0 Å². The normalized spacial score (nSPS) is 13.5. The molecule has 24 heavy (non-hydrogen) atoms. The van der Waals surface area contributed by atoms with Gasteiger partial charge in [-0.3, -0.25) is 0 Å². The Morgan fingerprint density at radius 1 is 0.875 bits per heavy atom. The second-order valence-electron chi connectivity index (χ2n) is 4.51. The summed E-state index contributed by atoms with van der Waals surface area (Å²) in [6.07, 6.45) is 0. The van der Waals surface area contributed by atoms with Gasteiger partial charge in [-0.1, -0.05) is 43.0 Å². The summed E-state index contributed by atoms with van der Waals surface area (Å²) in [5.41, 5.74) is -5.69. The maximum absolute atomic E-state index is 14.4. The average molecular weight is 380 g/mol. The Balaban J connectivity index is 2.77. The van der Waals surface area contributed by atoms with Crippen molar-refractivity contribution in [1.82, 2.24) is 0 Å². The van der Waals surface area contributed by atoms with E-state index < -0.39 is 31.1 Å². The van der Waals surface area contributed by atoms with Crippen LogP contribution in [0.4, 0.5) is 17.6 Å². The third kappa shape index (κ3) is 3.33. The van der Waals surface area contributed by atoms with Gasteiger partial charge in [0.2, 0.25) is 0 Å². The highest BCUT2D eigenvalue weighted by Crippen LogP contribution is 2.70. The summed E-state index contributed by atoms with van der Waals surface area (Å²) >= 11 is 0. The van der Waals surface area contributed by atoms with Crippen molar-refractivity contribution < 1.29 is 29.6 Å². The molecular weight excluding hydrogens is 368 g/mol. The van der Waals surface area contributed by atoms with Gasteiger partial charge in [0.15, 0.2) is 5.16 Å². The highest BCUT2D eigenvalue weighted by Gasteiger charge is 2.53. The van der Waals surface area contributed by atoms with E-state index in [9.17, 15) is 26.0 Å². The fourth-order valence-electron chi connectivity index (χ4n) is 1.90. The molecule has 0 saturated heterocycles. The fourth-order valence-corrected chi connectivity index (χ4v) is 6.08. The quantitative estimate of drug-likeness (QED) is 0.533. The number of benzene rings is 2. The Morgan fingerprint density at radius 3 is 1.54 bits per heavy atom. The molecule has 0 aliphatic heterocycles. The molecule has 0 saturated carbocycles. The van der Waals surface area contributed by atoms with Crippen molar-refractivity contribution in [3.63, 3.8) is 0 Å². The van der Waals surface area contributed by atoms with Crippen LogP contribution in [0.2, 0.25) is 0 Å². The van der Waals surface area contributed by atoms with E-state index in [0.29, 0.717) is 0 Å². The number of alkyl halides is 3. The largest absolute Gasteiger partial charge is 0.524 e. The van der Waals surface area contributed by atoms with Crippen molar-refractivity contribution in [2.24, 2.45) is 0 Å². The molecule has 0 aromatic heterocycles. The number of halogens is 4. The SMILES string of the molecule is C=C(F)S(OS(=O)(=O)C(F)(F)F)(c1ccccc1)c1ccccc1. The van der Waals surface area contributed by atoms with Gasteiger partial charge in [-0.25, -0.2) is 0 Å². The Labute approximate surface area is 138 Å². The molecule has 0 aliphatic carbocycles. The topological polar surface area (TPSA) is 43.4 Å². The van der Waals surface area contributed by atoms with Gasteiger partial charge in [0.25, 0.3) is 0 Å². The van der Waals surface area contributed by atoms with Crippen molar-refractivity contribution in [2.75, 3.05) is 0 Å². The molecule has 0 amide bonds. The van der Waals surface area contributed by atoms with E-state index in [2.05, 4.69) is 10.2 Å². The molecule has 0 spiro atoms. The first-order valence-corrected chi connectivity index (χ1v) is 9.38. The van der Waals surface area contributed by atoms with E-state index >= 15 is 0 Å². The van der Waals surface area contributed by atoms with Gasteiger partial charge in [-0.15, -0.1) is 0 Å². The van der Waals surface area contributed by atoms with Crippen LogP contribution in [0.25, 0.3) is 0 Å². The molecule has 9 heteroatoms. The van der Waals surface area contributed by atoms with Crippen LogP contribution >= 0.6 is 10.3 Å². The number of hydrogen-bond acceptors (Lipinski definition) is 3. The lowest BCUT2D eigenvalue weighted by Gasteiger charge is -2.36. The van der Waals surface area contributed by atoms with Gasteiger partial charge in [-0.2, -0.15) is 29.6 Å². The first-order chi connectivity index (χ1) is 11.1. The van der Waals surface area contributed by atoms with Crippen molar-refractivity contribution in [3.05, 3.63) is 72.4 Å². The second kappa shape index (κ2) is 6.58. The maximum atomic E-state index is 14.4. The van der Waals surface area contributed by atoms with Crippen molar-refractivity contribution in [2.45, 2.75) is 15.3 Å². The minimum Gasteiger partial charge on any atom is -0.199 e. The van der Waals surface area contributed by atoms with Gasteiger partial charge >= 0.3 is 15.6 Å². The molecule has 0 atom stereocenters. The minimum atomic E-state index is -6.06. The smallest absolute Gasteiger partial charge is 0.199 e. The van der Waals surface area contributed by atoms with Crippen LogP contribution in [0.1, 0.15) is 0 Å². The highest BCUT2D eigenvalue weighted by molar-refractivity contribution is 8.35. The molecule has 130 valence electrons. The molecule has 0 bridgehead atoms. The van der Waals surface area contributed by atoms with Crippen LogP contribution < -0.4 is 0 Å². The van der Waals surface area contributed by atoms with Crippen LogP contribution in [-0.2, 0) is 13.7 Å². The summed E-state index contributed by atoms with van der Waals surface area (Å²) in [6.45, 7) is 3.06. The third-order valence-electron chi connectivity index (χ3n) is 2.94. The van der Waals surface area contributed by atoms with Crippen LogP contribution in [0.5, 0.6) is 0 Å². The van der Waals surface area contributed by atoms with E-state index in [1.165, 1.54) is 48.5 Å². The van der Waals surface area contributed by atoms with Gasteiger partial charge in [0.05, 0.1) is 0 Å². The lowest BCUT2D eigenvalue weighted by molar-refractivity contribution is -0.0496. The Morgan fingerprint density at radius 2 is 1.25 bits per heavy atom. The minimum absolute atomic E-state index is 0.0588. The summed E-state index contributed by atoms with van der Waals surface area (Å²) in [4.78, 5) is -0.118. The summed E-state index contributed by atoms with van der Waals surface area (Å²) < 4.78 is 80.5. The zero-order valence-corrected chi connectivity index (χ0v) is 13.7. The lowest BCUT2D eigenvalue weighted by atomic mass is 10.4. The van der Waals surface area contributed by atoms with Crippen molar-refractivity contribution in [3.8, 4) is 0 Å². The highest BCUT2D eigenvalue weighted by atomic mass is 32.3. The van der Waals surface area contributed by atoms with E-state index in [1.807, 2.05) is 0 Å². The Kier molecular flexibility index (Phi) is 5.07. The van der Waals surface area contributed by atoms with Crippen LogP contribution in [0.3, 0.4) is 0 Å². The molecule has 2 aromatic carbocycles. The van der Waals surface area contributed by atoms with E-state index in [4.69, 9.17) is 0 Å². The maximum Gasteiger partial charge on any atom is 0.524 e. The Hall–Kier alpha value is -1.84. The predicted octanol–water partition coefficient (Wildman–Crippen LogP) is 5.13. The zero-order chi connectivity index (χ0) is 18.0. The number of hydrogen-bond donors (Lipinski definition) is 0. The summed E-state index contributed by atoms with van der Waals surface area (Å²) in [5.74, 6) is 0. The number of rotatable bonds is 5. The van der Waals surface area contributed by atoms with E-state index in [0.717, 1.165) is 0 Å². The second-order valence-corrected chi connectivity index (χ2v) is 8.92. The molecule has 3 nitrogen and oxygen atoms in total. The molecule has 0 radical (unpaired) electrons. The molecule has 0 unspecified atom stereocenters. The predicted molar refractivity (Wildman–Crippen MR) is 83.3 cm³/mol. The van der Waals surface area contributed by atoms with Gasteiger partial charge in [0.1, 0.15) is 0 Å². The molecule has 0 N–H and O–H groups in total. The Bertz CT molecular complexity index is 779.